The lowest BCUT2D eigenvalue weighted by atomic mass is 10.2. The summed E-state index contributed by atoms with van der Waals surface area (Å²) in [6.07, 6.45) is 0. The summed E-state index contributed by atoms with van der Waals surface area (Å²) < 4.78 is 3.78. The maximum Gasteiger partial charge on any atom is 0.251 e. The Labute approximate surface area is 103 Å². The van der Waals surface area contributed by atoms with E-state index >= 15 is 0 Å². The molecule has 1 aromatic heterocycles. The number of amides is 1. The molecule has 0 aliphatic heterocycles. The van der Waals surface area contributed by atoms with Crippen molar-refractivity contribution in [1.29, 1.82) is 0 Å². The third-order valence-electron chi connectivity index (χ3n) is 2.25. The lowest BCUT2D eigenvalue weighted by Gasteiger charge is -2.05. The number of anilines is 1. The number of hydrogen-bond acceptors (Lipinski definition) is 5. The minimum Gasteiger partial charge on any atom is -0.379 e. The number of nitrogens with one attached hydrogen (secondary N) is 2. The number of hydrogen-bond donors (Lipinski definition) is 2. The standard InChI is InChI=1S/C11H12N4OS/c1-12-11(16)8-2-4-9(5-3-8)13-6-10-7-17-15-14-10/h2-5,7,13H,6H2,1H3,(H,12,16). The second-order valence-electron chi connectivity index (χ2n) is 3.41. The van der Waals surface area contributed by atoms with Crippen molar-refractivity contribution in [2.75, 3.05) is 12.4 Å². The van der Waals surface area contributed by atoms with Crippen LogP contribution in [0.15, 0.2) is 29.6 Å². The van der Waals surface area contributed by atoms with Crippen molar-refractivity contribution in [3.8, 4) is 0 Å². The summed E-state index contributed by atoms with van der Waals surface area (Å²) in [6, 6.07) is 7.29. The number of aromatic nitrogens is 2. The maximum absolute atomic E-state index is 11.3. The van der Waals surface area contributed by atoms with Gasteiger partial charge >= 0.3 is 0 Å². The zero-order chi connectivity index (χ0) is 12.1. The molecular weight excluding hydrogens is 236 g/mol. The summed E-state index contributed by atoms with van der Waals surface area (Å²) >= 11 is 1.33. The molecule has 1 amide bonds. The van der Waals surface area contributed by atoms with Crippen LogP contribution in [0.5, 0.6) is 0 Å². The fourth-order valence-electron chi connectivity index (χ4n) is 1.34. The van der Waals surface area contributed by atoms with Gasteiger partial charge in [-0.25, -0.2) is 0 Å². The van der Waals surface area contributed by atoms with Gasteiger partial charge in [-0.3, -0.25) is 4.79 Å². The third kappa shape index (κ3) is 3.01. The minimum atomic E-state index is -0.0831. The van der Waals surface area contributed by atoms with Crippen LogP contribution in [-0.4, -0.2) is 22.5 Å². The van der Waals surface area contributed by atoms with E-state index in [1.165, 1.54) is 11.5 Å². The number of benzene rings is 1. The van der Waals surface area contributed by atoms with Crippen LogP contribution in [0.2, 0.25) is 0 Å². The topological polar surface area (TPSA) is 66.9 Å². The highest BCUT2D eigenvalue weighted by Crippen LogP contribution is 2.10. The highest BCUT2D eigenvalue weighted by molar-refractivity contribution is 7.03. The van der Waals surface area contributed by atoms with Crippen LogP contribution in [0, 0.1) is 0 Å². The first-order valence-corrected chi connectivity index (χ1v) is 5.95. The molecule has 0 aliphatic carbocycles. The molecule has 17 heavy (non-hydrogen) atoms. The summed E-state index contributed by atoms with van der Waals surface area (Å²) in [5.74, 6) is -0.0831. The molecule has 88 valence electrons. The Bertz CT molecular complexity index is 481. The fourth-order valence-corrected chi connectivity index (χ4v) is 1.79. The molecule has 0 saturated carbocycles. The van der Waals surface area contributed by atoms with Gasteiger partial charge in [-0.05, 0) is 35.8 Å². The molecule has 1 heterocycles. The predicted molar refractivity (Wildman–Crippen MR) is 67.1 cm³/mol. The molecule has 5 nitrogen and oxygen atoms in total. The zero-order valence-corrected chi connectivity index (χ0v) is 10.1. The number of carbonyl (C=O) groups excluding carboxylic acids is 1. The van der Waals surface area contributed by atoms with Crippen molar-refractivity contribution in [2.45, 2.75) is 6.54 Å². The molecule has 1 aromatic carbocycles. The summed E-state index contributed by atoms with van der Waals surface area (Å²) in [5.41, 5.74) is 2.50. The molecule has 2 N–H and O–H groups in total. The third-order valence-corrected chi connectivity index (χ3v) is 2.81. The number of nitrogens with zero attached hydrogens (tertiary/aromatic N) is 2. The average Bonchev–Trinajstić information content (AvgIpc) is 2.89. The van der Waals surface area contributed by atoms with Crippen LogP contribution < -0.4 is 10.6 Å². The normalized spacial score (nSPS) is 9.94. The van der Waals surface area contributed by atoms with E-state index in [0.717, 1.165) is 11.4 Å². The number of rotatable bonds is 4. The number of carbonyl (C=O) groups is 1. The van der Waals surface area contributed by atoms with Crippen molar-refractivity contribution < 1.29 is 4.79 Å². The molecule has 2 aromatic rings. The van der Waals surface area contributed by atoms with Crippen molar-refractivity contribution in [3.05, 3.63) is 40.9 Å². The van der Waals surface area contributed by atoms with Crippen molar-refractivity contribution >= 4 is 23.1 Å². The van der Waals surface area contributed by atoms with Crippen molar-refractivity contribution in [3.63, 3.8) is 0 Å². The highest BCUT2D eigenvalue weighted by atomic mass is 32.1. The lowest BCUT2D eigenvalue weighted by molar-refractivity contribution is 0.0963. The molecule has 0 radical (unpaired) electrons. The van der Waals surface area contributed by atoms with Gasteiger partial charge in [-0.2, -0.15) is 0 Å². The van der Waals surface area contributed by atoms with E-state index in [0.29, 0.717) is 12.1 Å². The Kier molecular flexibility index (Phi) is 3.66. The van der Waals surface area contributed by atoms with Gasteiger partial charge in [0, 0.05) is 23.7 Å². The van der Waals surface area contributed by atoms with E-state index in [2.05, 4.69) is 20.2 Å². The second-order valence-corrected chi connectivity index (χ2v) is 4.02. The lowest BCUT2D eigenvalue weighted by Crippen LogP contribution is -2.17. The van der Waals surface area contributed by atoms with Gasteiger partial charge in [0.25, 0.3) is 5.91 Å². The molecule has 0 saturated heterocycles. The van der Waals surface area contributed by atoms with Gasteiger partial charge < -0.3 is 10.6 Å². The van der Waals surface area contributed by atoms with Crippen LogP contribution in [0.1, 0.15) is 16.1 Å². The second kappa shape index (κ2) is 5.40. The van der Waals surface area contributed by atoms with E-state index in [4.69, 9.17) is 0 Å². The smallest absolute Gasteiger partial charge is 0.251 e. The summed E-state index contributed by atoms with van der Waals surface area (Å²) in [6.45, 7) is 0.635. The summed E-state index contributed by atoms with van der Waals surface area (Å²) in [7, 11) is 1.61. The monoisotopic (exact) mass is 248 g/mol. The first kappa shape index (κ1) is 11.5. The van der Waals surface area contributed by atoms with Crippen LogP contribution in [0.3, 0.4) is 0 Å². The Hall–Kier alpha value is -1.95. The molecule has 0 fully saturated rings. The highest BCUT2D eigenvalue weighted by Gasteiger charge is 2.02. The largest absolute Gasteiger partial charge is 0.379 e. The average molecular weight is 248 g/mol. The molecule has 0 atom stereocenters. The maximum atomic E-state index is 11.3. The molecule has 0 bridgehead atoms. The molecule has 6 heteroatoms. The van der Waals surface area contributed by atoms with E-state index in [-0.39, 0.29) is 5.91 Å². The molecule has 2 rings (SSSR count). The van der Waals surface area contributed by atoms with Gasteiger partial charge in [-0.15, -0.1) is 5.10 Å². The minimum absolute atomic E-state index is 0.0831. The van der Waals surface area contributed by atoms with Gasteiger partial charge in [0.1, 0.15) is 0 Å². The summed E-state index contributed by atoms with van der Waals surface area (Å²) in [5, 5.41) is 11.6. The quantitative estimate of drug-likeness (QED) is 0.860. The van der Waals surface area contributed by atoms with Crippen molar-refractivity contribution in [2.24, 2.45) is 0 Å². The van der Waals surface area contributed by atoms with Gasteiger partial charge in [-0.1, -0.05) is 4.49 Å². The molecular formula is C11H12N4OS. The Morgan fingerprint density at radius 3 is 2.71 bits per heavy atom. The molecule has 0 unspecified atom stereocenters. The van der Waals surface area contributed by atoms with E-state index in [9.17, 15) is 4.79 Å². The Morgan fingerprint density at radius 2 is 2.12 bits per heavy atom. The predicted octanol–water partition coefficient (Wildman–Crippen LogP) is 1.51. The summed E-state index contributed by atoms with van der Waals surface area (Å²) in [4.78, 5) is 11.3. The zero-order valence-electron chi connectivity index (χ0n) is 9.30. The first-order chi connectivity index (χ1) is 8.29. The van der Waals surface area contributed by atoms with Crippen LogP contribution in [0.25, 0.3) is 0 Å². The van der Waals surface area contributed by atoms with Crippen LogP contribution in [-0.2, 0) is 6.54 Å². The first-order valence-electron chi connectivity index (χ1n) is 5.11. The Morgan fingerprint density at radius 1 is 1.35 bits per heavy atom. The van der Waals surface area contributed by atoms with Gasteiger partial charge in [0.15, 0.2) is 0 Å². The van der Waals surface area contributed by atoms with E-state index in [1.54, 1.807) is 19.2 Å². The van der Waals surface area contributed by atoms with E-state index < -0.39 is 0 Å². The molecule has 0 aliphatic rings. The fraction of sp³-hybridized carbons (Fsp3) is 0.182. The van der Waals surface area contributed by atoms with Crippen LogP contribution in [0.4, 0.5) is 5.69 Å². The van der Waals surface area contributed by atoms with Gasteiger partial charge in [0.2, 0.25) is 0 Å². The Balaban J connectivity index is 1.96. The van der Waals surface area contributed by atoms with E-state index in [1.807, 2.05) is 17.5 Å². The van der Waals surface area contributed by atoms with Crippen LogP contribution >= 0.6 is 11.5 Å². The van der Waals surface area contributed by atoms with Crippen molar-refractivity contribution in [1.82, 2.24) is 14.9 Å². The SMILES string of the molecule is CNC(=O)c1ccc(NCc2csnn2)cc1. The van der Waals surface area contributed by atoms with Gasteiger partial charge in [0.05, 0.1) is 12.2 Å². The molecule has 0 spiro atoms.